The SMILES string of the molecule is CC1CN2c3c(cc4c(NCc5ccncc5)noc4c3F)CC3(C(=O)NC(=O)NC3=O)C2C(C)O1. The van der Waals surface area contributed by atoms with Crippen LogP contribution < -0.4 is 20.9 Å². The second-order valence-corrected chi connectivity index (χ2v) is 9.45. The van der Waals surface area contributed by atoms with Gasteiger partial charge in [-0.2, -0.15) is 0 Å². The van der Waals surface area contributed by atoms with Crippen molar-refractivity contribution in [2.24, 2.45) is 5.41 Å². The van der Waals surface area contributed by atoms with Crippen LogP contribution in [0.5, 0.6) is 0 Å². The van der Waals surface area contributed by atoms with Gasteiger partial charge in [0.15, 0.2) is 17.1 Å². The van der Waals surface area contributed by atoms with Crippen LogP contribution in [0.1, 0.15) is 25.0 Å². The molecule has 2 aromatic heterocycles. The maximum atomic E-state index is 16.1. The van der Waals surface area contributed by atoms with Gasteiger partial charge in [0.2, 0.25) is 17.4 Å². The van der Waals surface area contributed by atoms with Gasteiger partial charge in [-0.3, -0.25) is 25.2 Å². The van der Waals surface area contributed by atoms with E-state index in [0.717, 1.165) is 5.56 Å². The summed E-state index contributed by atoms with van der Waals surface area (Å²) in [5.41, 5.74) is -0.0950. The van der Waals surface area contributed by atoms with Crippen LogP contribution >= 0.6 is 0 Å². The standard InChI is InChI=1S/C24H23FN6O5/c1-11-10-31-17-14(8-24(19(31)12(2)35-11)21(32)28-23(34)29-22(24)33)7-15-18(16(17)25)36-30-20(15)27-9-13-3-5-26-6-4-13/h3-7,11-12,19H,8-10H2,1-2H3,(H,27,30)(H2,28,29,32,33,34). The lowest BCUT2D eigenvalue weighted by Gasteiger charge is -2.55. The van der Waals surface area contributed by atoms with Crippen LogP contribution in [-0.4, -0.2) is 52.8 Å². The number of nitrogens with one attached hydrogen (secondary N) is 3. The zero-order valence-electron chi connectivity index (χ0n) is 19.5. The van der Waals surface area contributed by atoms with Crippen LogP contribution in [0.2, 0.25) is 0 Å². The molecule has 1 aromatic carbocycles. The monoisotopic (exact) mass is 494 g/mol. The number of barbiturate groups is 1. The zero-order chi connectivity index (χ0) is 25.2. The van der Waals surface area contributed by atoms with Gasteiger partial charge < -0.3 is 19.5 Å². The largest absolute Gasteiger partial charge is 0.372 e. The molecule has 2 saturated heterocycles. The predicted octanol–water partition coefficient (Wildman–Crippen LogP) is 1.86. The van der Waals surface area contributed by atoms with Crippen molar-refractivity contribution >= 4 is 40.3 Å². The van der Waals surface area contributed by atoms with E-state index >= 15 is 4.39 Å². The number of anilines is 2. The van der Waals surface area contributed by atoms with Crippen LogP contribution in [0.3, 0.4) is 0 Å². The molecular weight excluding hydrogens is 471 g/mol. The second kappa shape index (κ2) is 7.98. The number of carbonyl (C=O) groups excluding carboxylic acids is 3. The molecule has 0 aliphatic carbocycles. The van der Waals surface area contributed by atoms with Crippen molar-refractivity contribution in [2.75, 3.05) is 16.8 Å². The Hall–Kier alpha value is -4.06. The molecule has 3 unspecified atom stereocenters. The second-order valence-electron chi connectivity index (χ2n) is 9.45. The number of morpholine rings is 1. The smallest absolute Gasteiger partial charge is 0.328 e. The first-order valence-electron chi connectivity index (χ1n) is 11.6. The normalized spacial score (nSPS) is 24.8. The van der Waals surface area contributed by atoms with Crippen molar-refractivity contribution in [3.05, 3.63) is 47.5 Å². The number of benzene rings is 1. The quantitative estimate of drug-likeness (QED) is 0.466. The van der Waals surface area contributed by atoms with Gasteiger partial charge in [0.25, 0.3) is 0 Å². The first-order chi connectivity index (χ1) is 17.3. The molecule has 36 heavy (non-hydrogen) atoms. The topological polar surface area (TPSA) is 139 Å². The molecule has 6 rings (SSSR count). The molecular formula is C24H23FN6O5. The Bertz CT molecular complexity index is 1390. The Morgan fingerprint density at radius 2 is 1.92 bits per heavy atom. The molecule has 0 radical (unpaired) electrons. The summed E-state index contributed by atoms with van der Waals surface area (Å²) >= 11 is 0. The summed E-state index contributed by atoms with van der Waals surface area (Å²) in [6.07, 6.45) is 2.31. The lowest BCUT2D eigenvalue weighted by Crippen LogP contribution is -2.75. The summed E-state index contributed by atoms with van der Waals surface area (Å²) in [7, 11) is 0. The third kappa shape index (κ3) is 3.17. The van der Waals surface area contributed by atoms with E-state index in [-0.39, 0.29) is 30.3 Å². The fraction of sp³-hybridized carbons (Fsp3) is 0.375. The average molecular weight is 494 g/mol. The molecule has 1 spiro atoms. The highest BCUT2D eigenvalue weighted by Gasteiger charge is 2.63. The summed E-state index contributed by atoms with van der Waals surface area (Å²) in [6, 6.07) is 3.65. The predicted molar refractivity (Wildman–Crippen MR) is 124 cm³/mol. The number of imide groups is 2. The van der Waals surface area contributed by atoms with Gasteiger partial charge in [-0.25, -0.2) is 9.18 Å². The van der Waals surface area contributed by atoms with Crippen LogP contribution in [0.25, 0.3) is 11.0 Å². The highest BCUT2D eigenvalue weighted by atomic mass is 19.1. The molecule has 2 fully saturated rings. The number of ether oxygens (including phenoxy) is 1. The van der Waals surface area contributed by atoms with Gasteiger partial charge in [-0.1, -0.05) is 5.16 Å². The van der Waals surface area contributed by atoms with Gasteiger partial charge in [0, 0.05) is 31.9 Å². The van der Waals surface area contributed by atoms with E-state index in [0.29, 0.717) is 23.3 Å². The van der Waals surface area contributed by atoms with Crippen LogP contribution in [0.15, 0.2) is 35.1 Å². The number of nitrogens with zero attached hydrogens (tertiary/aromatic N) is 3. The molecule has 3 aliphatic heterocycles. The maximum Gasteiger partial charge on any atom is 0.328 e. The zero-order valence-corrected chi connectivity index (χ0v) is 19.5. The first kappa shape index (κ1) is 22.4. The third-order valence-electron chi connectivity index (χ3n) is 7.17. The molecule has 3 aliphatic rings. The van der Waals surface area contributed by atoms with E-state index in [2.05, 4.69) is 26.1 Å². The highest BCUT2D eigenvalue weighted by Crippen LogP contribution is 2.49. The van der Waals surface area contributed by atoms with Crippen LogP contribution in [-0.2, 0) is 27.3 Å². The van der Waals surface area contributed by atoms with Crippen molar-refractivity contribution in [2.45, 2.75) is 45.1 Å². The minimum atomic E-state index is -1.69. The number of rotatable bonds is 3. The van der Waals surface area contributed by atoms with Gasteiger partial charge in [0.05, 0.1) is 29.3 Å². The van der Waals surface area contributed by atoms with E-state index in [9.17, 15) is 14.4 Å². The molecule has 12 heteroatoms. The van der Waals surface area contributed by atoms with Crippen molar-refractivity contribution in [3.63, 3.8) is 0 Å². The summed E-state index contributed by atoms with van der Waals surface area (Å²) in [5.74, 6) is -1.76. The molecule has 3 N–H and O–H groups in total. The molecule has 0 saturated carbocycles. The number of halogens is 1. The third-order valence-corrected chi connectivity index (χ3v) is 7.17. The molecule has 11 nitrogen and oxygen atoms in total. The Kier molecular flexibility index (Phi) is 4.97. The summed E-state index contributed by atoms with van der Waals surface area (Å²) in [5, 5.41) is 12.0. The first-order valence-corrected chi connectivity index (χ1v) is 11.6. The summed E-state index contributed by atoms with van der Waals surface area (Å²) < 4.78 is 27.4. The Balaban J connectivity index is 1.49. The fourth-order valence-electron chi connectivity index (χ4n) is 5.76. The number of fused-ring (bicyclic) bond motifs is 5. The van der Waals surface area contributed by atoms with Crippen molar-refractivity contribution in [1.29, 1.82) is 0 Å². The van der Waals surface area contributed by atoms with Crippen molar-refractivity contribution < 1.29 is 28.0 Å². The summed E-state index contributed by atoms with van der Waals surface area (Å²) in [4.78, 5) is 44.2. The van der Waals surface area contributed by atoms with E-state index in [1.54, 1.807) is 30.3 Å². The molecule has 3 aromatic rings. The Labute approximate surface area is 204 Å². The lowest BCUT2D eigenvalue weighted by molar-refractivity contribution is -0.153. The summed E-state index contributed by atoms with van der Waals surface area (Å²) in [6.45, 7) is 4.22. The minimum Gasteiger partial charge on any atom is -0.372 e. The molecule has 186 valence electrons. The number of amides is 4. The number of urea groups is 1. The minimum absolute atomic E-state index is 0.0276. The van der Waals surface area contributed by atoms with E-state index in [4.69, 9.17) is 9.26 Å². The van der Waals surface area contributed by atoms with Gasteiger partial charge in [0.1, 0.15) is 0 Å². The highest BCUT2D eigenvalue weighted by molar-refractivity contribution is 6.20. The van der Waals surface area contributed by atoms with Crippen LogP contribution in [0.4, 0.5) is 20.7 Å². The van der Waals surface area contributed by atoms with Crippen molar-refractivity contribution in [3.8, 4) is 0 Å². The van der Waals surface area contributed by atoms with Crippen molar-refractivity contribution in [1.82, 2.24) is 20.8 Å². The molecule has 3 atom stereocenters. The number of hydrogen-bond donors (Lipinski definition) is 3. The maximum absolute atomic E-state index is 16.1. The van der Waals surface area contributed by atoms with Crippen LogP contribution in [0, 0.1) is 11.2 Å². The fourth-order valence-corrected chi connectivity index (χ4v) is 5.76. The molecule has 5 heterocycles. The van der Waals surface area contributed by atoms with E-state index < -0.39 is 41.2 Å². The van der Waals surface area contributed by atoms with Gasteiger partial charge in [-0.05, 0) is 43.2 Å². The average Bonchev–Trinajstić information content (AvgIpc) is 3.24. The Morgan fingerprint density at radius 3 is 2.64 bits per heavy atom. The number of hydrogen-bond acceptors (Lipinski definition) is 9. The van der Waals surface area contributed by atoms with E-state index in [1.807, 2.05) is 19.1 Å². The van der Waals surface area contributed by atoms with Gasteiger partial charge >= 0.3 is 6.03 Å². The number of aromatic nitrogens is 2. The molecule has 0 bridgehead atoms. The molecule has 4 amide bonds. The lowest BCUT2D eigenvalue weighted by atomic mass is 9.66. The number of carbonyl (C=O) groups is 3. The Morgan fingerprint density at radius 1 is 1.19 bits per heavy atom. The van der Waals surface area contributed by atoms with Gasteiger partial charge in [-0.15, -0.1) is 0 Å². The van der Waals surface area contributed by atoms with E-state index in [1.165, 1.54) is 0 Å². The number of pyridine rings is 1.